The summed E-state index contributed by atoms with van der Waals surface area (Å²) in [6.45, 7) is 1.71. The fraction of sp³-hybridized carbons (Fsp3) is 0.600. The smallest absolute Gasteiger partial charge is 0.224 e. The number of nitrogens with zero attached hydrogens (tertiary/aromatic N) is 2. The highest BCUT2D eigenvalue weighted by Crippen LogP contribution is 2.31. The van der Waals surface area contributed by atoms with E-state index in [2.05, 4.69) is 16.4 Å². The van der Waals surface area contributed by atoms with Gasteiger partial charge in [0.2, 0.25) is 5.91 Å². The molecule has 1 saturated heterocycles. The van der Waals surface area contributed by atoms with Gasteiger partial charge in [-0.05, 0) is 37.3 Å². The summed E-state index contributed by atoms with van der Waals surface area (Å²) >= 11 is 0. The summed E-state index contributed by atoms with van der Waals surface area (Å²) in [5.41, 5.74) is 1.17. The van der Waals surface area contributed by atoms with Gasteiger partial charge in [-0.2, -0.15) is 0 Å². The largest absolute Gasteiger partial charge is 0.336 e. The third-order valence-electron chi connectivity index (χ3n) is 3.99. The Morgan fingerprint density at radius 3 is 3.05 bits per heavy atom. The van der Waals surface area contributed by atoms with Gasteiger partial charge in [-0.15, -0.1) is 0 Å². The molecular formula is C15H21N3O. The molecule has 1 aliphatic heterocycles. The van der Waals surface area contributed by atoms with Crippen LogP contribution >= 0.6 is 0 Å². The molecule has 1 saturated carbocycles. The van der Waals surface area contributed by atoms with Crippen molar-refractivity contribution in [3.63, 3.8) is 0 Å². The van der Waals surface area contributed by atoms with Gasteiger partial charge in [0.25, 0.3) is 0 Å². The number of hydrogen-bond donors (Lipinski definition) is 1. The Kier molecular flexibility index (Phi) is 3.78. The first-order valence-corrected chi connectivity index (χ1v) is 7.27. The summed E-state index contributed by atoms with van der Waals surface area (Å²) in [6, 6.07) is 4.94. The molecule has 1 aliphatic carbocycles. The Balaban J connectivity index is 1.57. The van der Waals surface area contributed by atoms with E-state index in [0.29, 0.717) is 12.5 Å². The van der Waals surface area contributed by atoms with Gasteiger partial charge in [0.15, 0.2) is 0 Å². The molecule has 1 amide bonds. The lowest BCUT2D eigenvalue weighted by atomic mass is 10.1. The van der Waals surface area contributed by atoms with Crippen LogP contribution in [0.15, 0.2) is 24.5 Å². The molecule has 102 valence electrons. The second-order valence-electron chi connectivity index (χ2n) is 5.51. The first-order valence-electron chi connectivity index (χ1n) is 7.27. The molecule has 0 bridgehead atoms. The van der Waals surface area contributed by atoms with Crippen molar-refractivity contribution in [3.8, 4) is 0 Å². The van der Waals surface area contributed by atoms with E-state index in [-0.39, 0.29) is 11.9 Å². The van der Waals surface area contributed by atoms with Crippen molar-refractivity contribution in [2.75, 3.05) is 13.1 Å². The van der Waals surface area contributed by atoms with Gasteiger partial charge in [-0.25, -0.2) is 0 Å². The first kappa shape index (κ1) is 12.6. The monoisotopic (exact) mass is 259 g/mol. The Morgan fingerprint density at radius 2 is 2.32 bits per heavy atom. The second kappa shape index (κ2) is 5.70. The molecule has 2 aliphatic rings. The summed E-state index contributed by atoms with van der Waals surface area (Å²) in [7, 11) is 0. The molecule has 19 heavy (non-hydrogen) atoms. The Labute approximate surface area is 114 Å². The van der Waals surface area contributed by atoms with Crippen molar-refractivity contribution < 1.29 is 4.79 Å². The fourth-order valence-corrected chi connectivity index (χ4v) is 2.80. The van der Waals surface area contributed by atoms with Crippen molar-refractivity contribution >= 4 is 5.91 Å². The van der Waals surface area contributed by atoms with Crippen molar-refractivity contribution in [3.05, 3.63) is 30.1 Å². The average Bonchev–Trinajstić information content (AvgIpc) is 3.13. The quantitative estimate of drug-likeness (QED) is 0.878. The number of carbonyl (C=O) groups is 1. The maximum atomic E-state index is 12.3. The number of aromatic nitrogens is 1. The van der Waals surface area contributed by atoms with Crippen molar-refractivity contribution in [2.24, 2.45) is 0 Å². The average molecular weight is 259 g/mol. The van der Waals surface area contributed by atoms with E-state index in [1.807, 2.05) is 17.2 Å². The lowest BCUT2D eigenvalue weighted by Gasteiger charge is -2.25. The topological polar surface area (TPSA) is 45.2 Å². The molecule has 1 aromatic heterocycles. The van der Waals surface area contributed by atoms with Crippen LogP contribution in [0.5, 0.6) is 0 Å². The zero-order valence-electron chi connectivity index (χ0n) is 11.2. The maximum absolute atomic E-state index is 12.3. The van der Waals surface area contributed by atoms with E-state index in [1.165, 1.54) is 18.4 Å². The SMILES string of the molecule is O=C(CCNC1CC1)N1CCCC1c1cccnc1. The molecule has 1 unspecified atom stereocenters. The van der Waals surface area contributed by atoms with Crippen LogP contribution in [0.1, 0.15) is 43.7 Å². The standard InChI is InChI=1S/C15H21N3O/c19-15(7-9-17-13-5-6-13)18-10-2-4-14(18)12-3-1-8-16-11-12/h1,3,8,11,13-14,17H,2,4-7,9-10H2. The molecule has 0 aromatic carbocycles. The van der Waals surface area contributed by atoms with Crippen molar-refractivity contribution in [1.29, 1.82) is 0 Å². The number of hydrogen-bond acceptors (Lipinski definition) is 3. The van der Waals surface area contributed by atoms with Crippen LogP contribution in [0.3, 0.4) is 0 Å². The van der Waals surface area contributed by atoms with Crippen LogP contribution in [-0.2, 0) is 4.79 Å². The van der Waals surface area contributed by atoms with E-state index in [1.54, 1.807) is 6.20 Å². The highest BCUT2D eigenvalue weighted by atomic mass is 16.2. The Bertz CT molecular complexity index is 430. The highest BCUT2D eigenvalue weighted by Gasteiger charge is 2.30. The molecule has 3 rings (SSSR count). The van der Waals surface area contributed by atoms with Crippen LogP contribution in [0, 0.1) is 0 Å². The van der Waals surface area contributed by atoms with Crippen molar-refractivity contribution in [1.82, 2.24) is 15.2 Å². The third kappa shape index (κ3) is 3.13. The molecule has 1 aromatic rings. The van der Waals surface area contributed by atoms with Gasteiger partial charge in [0.1, 0.15) is 0 Å². The number of likely N-dealkylation sites (tertiary alicyclic amines) is 1. The molecule has 4 nitrogen and oxygen atoms in total. The van der Waals surface area contributed by atoms with E-state index in [0.717, 1.165) is 25.9 Å². The van der Waals surface area contributed by atoms with Crippen molar-refractivity contribution in [2.45, 2.75) is 44.2 Å². The number of rotatable bonds is 5. The Hall–Kier alpha value is -1.42. The minimum absolute atomic E-state index is 0.238. The summed E-state index contributed by atoms with van der Waals surface area (Å²) in [4.78, 5) is 18.5. The fourth-order valence-electron chi connectivity index (χ4n) is 2.80. The van der Waals surface area contributed by atoms with Gasteiger partial charge in [-0.1, -0.05) is 6.07 Å². The number of nitrogens with one attached hydrogen (secondary N) is 1. The molecule has 2 fully saturated rings. The summed E-state index contributed by atoms with van der Waals surface area (Å²) in [5.74, 6) is 0.277. The summed E-state index contributed by atoms with van der Waals surface area (Å²) in [5, 5.41) is 3.41. The summed E-state index contributed by atoms with van der Waals surface area (Å²) in [6.07, 6.45) is 9.00. The minimum Gasteiger partial charge on any atom is -0.336 e. The van der Waals surface area contributed by atoms with Crippen LogP contribution in [0.2, 0.25) is 0 Å². The zero-order valence-corrected chi connectivity index (χ0v) is 11.2. The normalized spacial score (nSPS) is 22.7. The van der Waals surface area contributed by atoms with Gasteiger partial charge in [0.05, 0.1) is 6.04 Å². The first-order chi connectivity index (χ1) is 9.34. The highest BCUT2D eigenvalue weighted by molar-refractivity contribution is 5.77. The van der Waals surface area contributed by atoms with Crippen LogP contribution in [0.4, 0.5) is 0 Å². The molecule has 4 heteroatoms. The Morgan fingerprint density at radius 1 is 1.42 bits per heavy atom. The van der Waals surface area contributed by atoms with Gasteiger partial charge in [-0.3, -0.25) is 9.78 Å². The van der Waals surface area contributed by atoms with Crippen LogP contribution in [-0.4, -0.2) is 34.9 Å². The van der Waals surface area contributed by atoms with Crippen LogP contribution in [0.25, 0.3) is 0 Å². The number of amides is 1. The lowest BCUT2D eigenvalue weighted by molar-refractivity contribution is -0.132. The molecule has 1 N–H and O–H groups in total. The minimum atomic E-state index is 0.238. The van der Waals surface area contributed by atoms with Crippen LogP contribution < -0.4 is 5.32 Å². The van der Waals surface area contributed by atoms with E-state index in [4.69, 9.17) is 0 Å². The predicted octanol–water partition coefficient (Wildman–Crippen LogP) is 1.89. The number of carbonyl (C=O) groups excluding carboxylic acids is 1. The van der Waals surface area contributed by atoms with Gasteiger partial charge in [0, 0.05) is 37.9 Å². The van der Waals surface area contributed by atoms with Gasteiger partial charge < -0.3 is 10.2 Å². The molecule has 0 spiro atoms. The van der Waals surface area contributed by atoms with E-state index < -0.39 is 0 Å². The third-order valence-corrected chi connectivity index (χ3v) is 3.99. The molecular weight excluding hydrogens is 238 g/mol. The maximum Gasteiger partial charge on any atom is 0.224 e. The van der Waals surface area contributed by atoms with E-state index >= 15 is 0 Å². The van der Waals surface area contributed by atoms with E-state index in [9.17, 15) is 4.79 Å². The predicted molar refractivity (Wildman–Crippen MR) is 73.6 cm³/mol. The number of pyridine rings is 1. The summed E-state index contributed by atoms with van der Waals surface area (Å²) < 4.78 is 0. The zero-order chi connectivity index (χ0) is 13.1. The van der Waals surface area contributed by atoms with Gasteiger partial charge >= 0.3 is 0 Å². The second-order valence-corrected chi connectivity index (χ2v) is 5.51. The molecule has 1 atom stereocenters. The molecule has 2 heterocycles. The molecule has 0 radical (unpaired) electrons. The lowest BCUT2D eigenvalue weighted by Crippen LogP contribution is -2.33.